The second kappa shape index (κ2) is 16.3. The third-order valence-electron chi connectivity index (χ3n) is 11.5. The number of phenols is 1. The van der Waals surface area contributed by atoms with E-state index in [4.69, 9.17) is 21.2 Å². The number of nitrogens with two attached hydrogens (primary N) is 2. The zero-order valence-electron chi connectivity index (χ0n) is 33.0. The third kappa shape index (κ3) is 7.93. The van der Waals surface area contributed by atoms with Crippen LogP contribution in [0.3, 0.4) is 0 Å². The van der Waals surface area contributed by atoms with Gasteiger partial charge in [0, 0.05) is 92.9 Å². The number of aryl methyl sites for hydroxylation is 2. The SMILES string of the molecule is CC.Cc1cc(OC2CC3CNC(N)=C(/C=C(\N)c4cccc(F)c4O)N3C2)nc(C)c1CN1CCN(c2ccc3c(c2)C(=O)N(C2CCC(=O)NC2=O)C3)CC1. The lowest BCUT2D eigenvalue weighted by Crippen LogP contribution is -2.52. The van der Waals surface area contributed by atoms with Crippen LogP contribution in [0.4, 0.5) is 10.1 Å². The van der Waals surface area contributed by atoms with Crippen molar-refractivity contribution in [2.24, 2.45) is 11.5 Å². The van der Waals surface area contributed by atoms with Crippen LogP contribution in [-0.4, -0.2) is 100.0 Å². The summed E-state index contributed by atoms with van der Waals surface area (Å²) in [7, 11) is 0. The number of ether oxygens (including phenoxy) is 1. The first-order valence-electron chi connectivity index (χ1n) is 19.8. The van der Waals surface area contributed by atoms with Crippen LogP contribution in [-0.2, 0) is 22.7 Å². The molecule has 302 valence electrons. The highest BCUT2D eigenvalue weighted by molar-refractivity contribution is 6.05. The van der Waals surface area contributed by atoms with E-state index in [0.717, 1.165) is 61.7 Å². The number of nitrogens with zero attached hydrogens (tertiary/aromatic N) is 5. The first-order chi connectivity index (χ1) is 27.4. The largest absolute Gasteiger partial charge is 0.504 e. The number of piperidine rings is 1. The highest BCUT2D eigenvalue weighted by Gasteiger charge is 2.40. The minimum atomic E-state index is -0.744. The number of hydrogen-bond acceptors (Lipinski definition) is 12. The minimum Gasteiger partial charge on any atom is -0.504 e. The van der Waals surface area contributed by atoms with Crippen LogP contribution in [0.15, 0.2) is 60.1 Å². The second-order valence-corrected chi connectivity index (χ2v) is 15.0. The summed E-state index contributed by atoms with van der Waals surface area (Å²) in [6, 6.07) is 11.7. The van der Waals surface area contributed by atoms with Gasteiger partial charge < -0.3 is 41.3 Å². The number of halogens is 1. The molecule has 3 unspecified atom stereocenters. The molecule has 0 radical (unpaired) electrons. The van der Waals surface area contributed by atoms with Gasteiger partial charge in [0.25, 0.3) is 5.91 Å². The lowest BCUT2D eigenvalue weighted by Gasteiger charge is -2.36. The molecule has 15 heteroatoms. The quantitative estimate of drug-likeness (QED) is 0.211. The summed E-state index contributed by atoms with van der Waals surface area (Å²) in [5, 5.41) is 15.8. The van der Waals surface area contributed by atoms with Gasteiger partial charge in [-0.25, -0.2) is 9.37 Å². The maximum atomic E-state index is 14.0. The number of para-hydroxylation sites is 1. The summed E-state index contributed by atoms with van der Waals surface area (Å²) in [5.41, 5.74) is 19.4. The van der Waals surface area contributed by atoms with Gasteiger partial charge >= 0.3 is 0 Å². The number of aromatic hydroxyl groups is 1. The van der Waals surface area contributed by atoms with Gasteiger partial charge in [0.1, 0.15) is 18.0 Å². The van der Waals surface area contributed by atoms with Gasteiger partial charge in [-0.15, -0.1) is 0 Å². The molecule has 57 heavy (non-hydrogen) atoms. The molecule has 3 atom stereocenters. The Labute approximate surface area is 332 Å². The normalized spacial score (nSPS) is 22.5. The van der Waals surface area contributed by atoms with Gasteiger partial charge in [0.05, 0.1) is 18.3 Å². The Morgan fingerprint density at radius 2 is 1.84 bits per heavy atom. The zero-order chi connectivity index (χ0) is 40.5. The van der Waals surface area contributed by atoms with Crippen LogP contribution < -0.4 is 31.7 Å². The van der Waals surface area contributed by atoms with Crippen molar-refractivity contribution in [1.29, 1.82) is 0 Å². The lowest BCUT2D eigenvalue weighted by atomic mass is 10.0. The molecule has 3 fully saturated rings. The molecular weight excluding hydrogens is 730 g/mol. The fraction of sp³-hybridized carbons (Fsp3) is 0.429. The number of aromatic nitrogens is 1. The molecule has 3 saturated heterocycles. The van der Waals surface area contributed by atoms with Gasteiger partial charge in [-0.2, -0.15) is 0 Å². The van der Waals surface area contributed by atoms with E-state index >= 15 is 0 Å². The smallest absolute Gasteiger partial charge is 0.255 e. The van der Waals surface area contributed by atoms with E-state index in [1.54, 1.807) is 17.0 Å². The minimum absolute atomic E-state index is 0.0995. The maximum Gasteiger partial charge on any atom is 0.255 e. The van der Waals surface area contributed by atoms with Gasteiger partial charge in [0.15, 0.2) is 11.6 Å². The molecule has 8 rings (SSSR count). The fourth-order valence-electron chi connectivity index (χ4n) is 8.47. The Bertz CT molecular complexity index is 2110. The molecule has 0 spiro atoms. The monoisotopic (exact) mass is 781 g/mol. The number of piperazine rings is 1. The number of phenolic OH excluding ortho intramolecular Hbond substituents is 1. The summed E-state index contributed by atoms with van der Waals surface area (Å²) in [4.78, 5) is 50.8. The number of amides is 3. The van der Waals surface area contributed by atoms with Crippen LogP contribution in [0.5, 0.6) is 11.6 Å². The number of anilines is 1. The Morgan fingerprint density at radius 1 is 1.07 bits per heavy atom. The Morgan fingerprint density at radius 3 is 2.58 bits per heavy atom. The average molecular weight is 782 g/mol. The zero-order valence-corrected chi connectivity index (χ0v) is 33.0. The summed E-state index contributed by atoms with van der Waals surface area (Å²) >= 11 is 0. The van der Waals surface area contributed by atoms with E-state index in [1.807, 2.05) is 39.0 Å². The lowest BCUT2D eigenvalue weighted by molar-refractivity contribution is -0.136. The van der Waals surface area contributed by atoms with Crippen LogP contribution in [0.2, 0.25) is 0 Å². The maximum absolute atomic E-state index is 14.0. The highest BCUT2D eigenvalue weighted by Crippen LogP contribution is 2.34. The molecule has 2 aromatic carbocycles. The van der Waals surface area contributed by atoms with E-state index < -0.39 is 23.5 Å². The number of nitrogens with one attached hydrogen (secondary N) is 2. The molecule has 14 nitrogen and oxygen atoms in total. The number of pyridine rings is 1. The molecule has 1 aromatic heterocycles. The molecule has 0 aliphatic carbocycles. The summed E-state index contributed by atoms with van der Waals surface area (Å²) in [6.07, 6.45) is 2.84. The first-order valence-corrected chi connectivity index (χ1v) is 19.8. The van der Waals surface area contributed by atoms with Crippen LogP contribution >= 0.6 is 0 Å². The number of hydrogen-bond donors (Lipinski definition) is 5. The van der Waals surface area contributed by atoms with E-state index in [0.29, 0.717) is 49.0 Å². The topological polar surface area (TPSA) is 183 Å². The fourth-order valence-corrected chi connectivity index (χ4v) is 8.47. The molecule has 5 aliphatic heterocycles. The number of benzene rings is 2. The van der Waals surface area contributed by atoms with Crippen LogP contribution in [0, 0.1) is 19.7 Å². The van der Waals surface area contributed by atoms with Crippen LogP contribution in [0.25, 0.3) is 5.70 Å². The molecule has 7 N–H and O–H groups in total. The number of rotatable bonds is 8. The predicted octanol–water partition coefficient (Wildman–Crippen LogP) is 3.21. The van der Waals surface area contributed by atoms with Crippen molar-refractivity contribution in [3.05, 3.63) is 99.4 Å². The Kier molecular flexibility index (Phi) is 11.3. The average Bonchev–Trinajstić information content (AvgIpc) is 3.76. The number of carbonyl (C=O) groups is 3. The predicted molar refractivity (Wildman–Crippen MR) is 214 cm³/mol. The first kappa shape index (κ1) is 39.4. The van der Waals surface area contributed by atoms with Crippen molar-refractivity contribution >= 4 is 29.1 Å². The molecule has 6 heterocycles. The molecule has 3 aromatic rings. The Hall–Kier alpha value is -5.83. The van der Waals surface area contributed by atoms with Gasteiger partial charge in [-0.3, -0.25) is 24.6 Å². The van der Waals surface area contributed by atoms with Gasteiger partial charge in [-0.05, 0) is 67.3 Å². The number of allylic oxidation sites excluding steroid dienone is 1. The molecule has 0 saturated carbocycles. The van der Waals surface area contributed by atoms with Gasteiger partial charge in [-0.1, -0.05) is 26.0 Å². The van der Waals surface area contributed by atoms with E-state index in [1.165, 1.54) is 17.7 Å². The number of carbonyl (C=O) groups excluding carboxylic acids is 3. The van der Waals surface area contributed by atoms with Crippen molar-refractivity contribution in [3.63, 3.8) is 0 Å². The van der Waals surface area contributed by atoms with Gasteiger partial charge in [0.2, 0.25) is 17.7 Å². The van der Waals surface area contributed by atoms with Crippen LogP contribution in [0.1, 0.15) is 71.4 Å². The highest BCUT2D eigenvalue weighted by atomic mass is 19.1. The standard InChI is InChI=1S/C40H46FN9O5.C2H6/c1-22-14-36(55-27-15-26-18-44-38(43)34(49(26)20-27)17-32(42)28-4-3-5-31(41)37(28)52)45-23(2)30(22)21-47-10-12-48(13-11-47)25-7-6-24-19-50(40(54)29(24)16-25)33-8-9-35(51)46-39(33)53;1-2/h3-7,14,16-17,26-27,33,44,52H,8-13,15,18-21,42-43H2,1-2H3,(H,46,51,53);1-2H3/b32-17-;. The van der Waals surface area contributed by atoms with E-state index in [9.17, 15) is 23.9 Å². The molecular formula is C42H52FN9O5. The summed E-state index contributed by atoms with van der Waals surface area (Å²) < 4.78 is 20.5. The number of fused-ring (bicyclic) bond motifs is 2. The summed E-state index contributed by atoms with van der Waals surface area (Å²) in [6.45, 7) is 13.7. The molecule has 0 bridgehead atoms. The van der Waals surface area contributed by atoms with Crippen molar-refractivity contribution in [3.8, 4) is 11.6 Å². The van der Waals surface area contributed by atoms with E-state index in [-0.39, 0.29) is 41.6 Å². The van der Waals surface area contributed by atoms with Crippen molar-refractivity contribution in [2.45, 2.75) is 78.2 Å². The van der Waals surface area contributed by atoms with Crippen molar-refractivity contribution in [1.82, 2.24) is 30.3 Å². The number of imide groups is 1. The second-order valence-electron chi connectivity index (χ2n) is 15.0. The van der Waals surface area contributed by atoms with Crippen molar-refractivity contribution in [2.75, 3.05) is 44.2 Å². The Balaban J connectivity index is 0.00000244. The van der Waals surface area contributed by atoms with E-state index in [2.05, 4.69) is 38.3 Å². The van der Waals surface area contributed by atoms with Crippen molar-refractivity contribution < 1.29 is 28.6 Å². The molecule has 5 aliphatic rings. The summed E-state index contributed by atoms with van der Waals surface area (Å²) in [5.74, 6) is -1.08. The molecule has 3 amide bonds. The third-order valence-corrected chi connectivity index (χ3v) is 11.5.